The van der Waals surface area contributed by atoms with Gasteiger partial charge in [0.25, 0.3) is 0 Å². The van der Waals surface area contributed by atoms with Crippen molar-refractivity contribution in [1.29, 1.82) is 0 Å². The Kier molecular flexibility index (Phi) is 8.34. The molecule has 3 heterocycles. The van der Waals surface area contributed by atoms with E-state index in [1.165, 1.54) is 18.3 Å². The van der Waals surface area contributed by atoms with Crippen molar-refractivity contribution in [3.05, 3.63) is 132 Å². The van der Waals surface area contributed by atoms with Gasteiger partial charge in [-0.3, -0.25) is 4.68 Å². The maximum Gasteiger partial charge on any atom is 2.00 e. The molecule has 0 aliphatic carbocycles. The number of para-hydroxylation sites is 1. The fraction of sp³-hybridized carbons (Fsp3) is 0.111. The molecule has 0 aliphatic heterocycles. The number of hydrogen-bond donors (Lipinski definition) is 0. The van der Waals surface area contributed by atoms with Gasteiger partial charge in [-0.15, -0.1) is 35.7 Å². The van der Waals surface area contributed by atoms with Gasteiger partial charge in [-0.25, -0.2) is 18.2 Å². The first-order valence-electron chi connectivity index (χ1n) is 14.0. The van der Waals surface area contributed by atoms with Crippen molar-refractivity contribution in [2.45, 2.75) is 27.2 Å². The van der Waals surface area contributed by atoms with E-state index in [0.29, 0.717) is 50.8 Å². The third kappa shape index (κ3) is 5.44. The first-order valence-corrected chi connectivity index (χ1v) is 14.0. The third-order valence-corrected chi connectivity index (χ3v) is 7.84. The number of aryl methyl sites for hydroxylation is 2. The third-order valence-electron chi connectivity index (χ3n) is 7.84. The van der Waals surface area contributed by atoms with Crippen molar-refractivity contribution in [2.24, 2.45) is 0 Å². The minimum atomic E-state index is -0.704. The minimum absolute atomic E-state index is 0. The zero-order valence-corrected chi connectivity index (χ0v) is 26.5. The molecule has 0 fully saturated rings. The summed E-state index contributed by atoms with van der Waals surface area (Å²) in [6, 6.07) is 28.1. The molecule has 0 spiro atoms. The maximum absolute atomic E-state index is 14.2. The SMILES string of the molecule is Cc1cc(C)c(CF)c(-c2cnn(-c3[c-]c(Oc4[c-]c5c(cc4)c4ccccc4n5-c4cc(F)ccn4)ccc3)c2)c1CF.[Pt+2]. The predicted octanol–water partition coefficient (Wildman–Crippen LogP) is 9.12. The number of rotatable bonds is 7. The molecule has 0 unspecified atom stereocenters. The first kappa shape index (κ1) is 30.3. The fourth-order valence-corrected chi connectivity index (χ4v) is 5.79. The number of aromatic nitrogens is 4. The second-order valence-corrected chi connectivity index (χ2v) is 10.6. The normalized spacial score (nSPS) is 11.2. The first-order chi connectivity index (χ1) is 21.4. The molecule has 9 heteroatoms. The molecule has 4 aromatic carbocycles. The van der Waals surface area contributed by atoms with Crippen LogP contribution < -0.4 is 4.74 Å². The molecule has 0 saturated carbocycles. The van der Waals surface area contributed by atoms with Gasteiger partial charge in [0, 0.05) is 41.0 Å². The van der Waals surface area contributed by atoms with Gasteiger partial charge in [0.1, 0.15) is 25.0 Å². The summed E-state index contributed by atoms with van der Waals surface area (Å²) in [5, 5.41) is 6.38. The van der Waals surface area contributed by atoms with Crippen molar-refractivity contribution in [2.75, 3.05) is 0 Å². The van der Waals surface area contributed by atoms with Crippen LogP contribution in [0.5, 0.6) is 11.5 Å². The van der Waals surface area contributed by atoms with Gasteiger partial charge in [0.2, 0.25) is 0 Å². The summed E-state index contributed by atoms with van der Waals surface area (Å²) in [5.74, 6) is 0.897. The van der Waals surface area contributed by atoms with Crippen LogP contribution in [0.15, 0.2) is 91.4 Å². The van der Waals surface area contributed by atoms with Gasteiger partial charge in [-0.1, -0.05) is 29.8 Å². The van der Waals surface area contributed by atoms with Crippen LogP contribution in [-0.4, -0.2) is 19.3 Å². The number of fused-ring (bicyclic) bond motifs is 3. The van der Waals surface area contributed by atoms with E-state index < -0.39 is 13.3 Å². The van der Waals surface area contributed by atoms with Crippen LogP contribution in [0.2, 0.25) is 0 Å². The largest absolute Gasteiger partial charge is 2.00 e. The van der Waals surface area contributed by atoms with E-state index >= 15 is 0 Å². The number of hydrogen-bond acceptors (Lipinski definition) is 3. The monoisotopic (exact) mass is 781 g/mol. The fourth-order valence-electron chi connectivity index (χ4n) is 5.79. The zero-order chi connectivity index (χ0) is 30.4. The summed E-state index contributed by atoms with van der Waals surface area (Å²) in [5.41, 5.74) is 5.76. The van der Waals surface area contributed by atoms with Crippen LogP contribution in [0, 0.1) is 31.8 Å². The number of pyridine rings is 1. The second kappa shape index (κ2) is 12.4. The quantitative estimate of drug-likeness (QED) is 0.152. The number of alkyl halides is 2. The molecular weight excluding hydrogens is 756 g/mol. The van der Waals surface area contributed by atoms with E-state index in [9.17, 15) is 13.2 Å². The molecule has 0 saturated heterocycles. The Morgan fingerprint density at radius 2 is 1.58 bits per heavy atom. The van der Waals surface area contributed by atoms with E-state index in [-0.39, 0.29) is 26.9 Å². The molecule has 0 atom stereocenters. The molecule has 5 nitrogen and oxygen atoms in total. The molecule has 226 valence electrons. The molecule has 0 N–H and O–H groups in total. The molecule has 0 aliphatic rings. The van der Waals surface area contributed by atoms with Crippen LogP contribution in [0.25, 0.3) is 44.4 Å². The summed E-state index contributed by atoms with van der Waals surface area (Å²) >= 11 is 0. The minimum Gasteiger partial charge on any atom is -0.509 e. The predicted molar refractivity (Wildman–Crippen MR) is 164 cm³/mol. The molecule has 0 amide bonds. The van der Waals surface area contributed by atoms with E-state index in [0.717, 1.165) is 27.4 Å². The summed E-state index contributed by atoms with van der Waals surface area (Å²) in [6.07, 6.45) is 4.78. The smallest absolute Gasteiger partial charge is 0.509 e. The summed E-state index contributed by atoms with van der Waals surface area (Å²) in [4.78, 5) is 4.40. The van der Waals surface area contributed by atoms with E-state index in [4.69, 9.17) is 4.74 Å². The van der Waals surface area contributed by atoms with E-state index in [1.807, 2.05) is 73.0 Å². The zero-order valence-electron chi connectivity index (χ0n) is 24.2. The standard InChI is InChI=1S/C36H25F3N4O.Pt/c1-22-14-23(2)32(19-38)36(31(22)18-37)24-20-41-42(21-24)26-6-5-7-27(16-26)44-28-10-11-30-29-8-3-4-9-33(29)43(34(30)17-28)35-15-25(39)12-13-40-35;/h3-15,20-21H,18-19H2,1-2H3;/q-2;+2. The van der Waals surface area contributed by atoms with Gasteiger partial charge in [-0.05, 0) is 64.9 Å². The molecule has 0 radical (unpaired) electrons. The van der Waals surface area contributed by atoms with Crippen LogP contribution in [0.1, 0.15) is 22.3 Å². The Hall–Kier alpha value is -4.68. The Morgan fingerprint density at radius 3 is 2.33 bits per heavy atom. The van der Waals surface area contributed by atoms with Gasteiger partial charge >= 0.3 is 21.1 Å². The Labute approximate surface area is 272 Å². The summed E-state index contributed by atoms with van der Waals surface area (Å²) in [6.45, 7) is 2.25. The second-order valence-electron chi connectivity index (χ2n) is 10.6. The van der Waals surface area contributed by atoms with Gasteiger partial charge in [0.15, 0.2) is 0 Å². The molecule has 7 rings (SSSR count). The number of ether oxygens (including phenoxy) is 1. The average Bonchev–Trinajstić information content (AvgIpc) is 3.64. The molecule has 3 aromatic heterocycles. The number of halogens is 3. The van der Waals surface area contributed by atoms with Crippen molar-refractivity contribution < 1.29 is 39.0 Å². The Morgan fingerprint density at radius 1 is 0.822 bits per heavy atom. The van der Waals surface area contributed by atoms with Gasteiger partial charge in [-0.2, -0.15) is 17.2 Å². The summed E-state index contributed by atoms with van der Waals surface area (Å²) in [7, 11) is 0. The van der Waals surface area contributed by atoms with Gasteiger partial charge in [0.05, 0.1) is 6.20 Å². The van der Waals surface area contributed by atoms with Crippen molar-refractivity contribution in [3.63, 3.8) is 0 Å². The van der Waals surface area contributed by atoms with Crippen molar-refractivity contribution in [1.82, 2.24) is 19.3 Å². The molecule has 0 bridgehead atoms. The Bertz CT molecular complexity index is 2160. The molecule has 45 heavy (non-hydrogen) atoms. The number of nitrogens with zero attached hydrogens (tertiary/aromatic N) is 4. The number of benzene rings is 4. The molecular formula is C36H25F3N4OPt. The topological polar surface area (TPSA) is 44.9 Å². The Balaban J connectivity index is 0.00000357. The van der Waals surface area contributed by atoms with Crippen LogP contribution >= 0.6 is 0 Å². The van der Waals surface area contributed by atoms with Crippen LogP contribution in [-0.2, 0) is 34.4 Å². The van der Waals surface area contributed by atoms with Crippen LogP contribution in [0.4, 0.5) is 13.2 Å². The van der Waals surface area contributed by atoms with E-state index in [2.05, 4.69) is 22.2 Å². The van der Waals surface area contributed by atoms with Crippen molar-refractivity contribution in [3.8, 4) is 34.1 Å². The van der Waals surface area contributed by atoms with Crippen LogP contribution in [0.3, 0.4) is 0 Å². The van der Waals surface area contributed by atoms with Crippen molar-refractivity contribution >= 4 is 21.8 Å². The van der Waals surface area contributed by atoms with E-state index in [1.54, 1.807) is 23.1 Å². The summed E-state index contributed by atoms with van der Waals surface area (Å²) < 4.78 is 52.0. The van der Waals surface area contributed by atoms with Gasteiger partial charge < -0.3 is 9.30 Å². The average molecular weight is 782 g/mol. The molecule has 7 aromatic rings. The maximum atomic E-state index is 14.2.